The van der Waals surface area contributed by atoms with Crippen LogP contribution < -0.4 is 15.8 Å². The summed E-state index contributed by atoms with van der Waals surface area (Å²) in [6.07, 6.45) is 1.27. The van der Waals surface area contributed by atoms with Crippen molar-refractivity contribution in [1.29, 1.82) is 0 Å². The highest BCUT2D eigenvalue weighted by Crippen LogP contribution is 2.10. The van der Waals surface area contributed by atoms with Crippen molar-refractivity contribution >= 4 is 21.7 Å². The van der Waals surface area contributed by atoms with E-state index in [9.17, 15) is 13.2 Å². The number of nitrogens with two attached hydrogens (primary N) is 1. The van der Waals surface area contributed by atoms with Crippen molar-refractivity contribution in [3.63, 3.8) is 0 Å². The number of aryl methyl sites for hydroxylation is 1. The Labute approximate surface area is 146 Å². The number of hydrogen-bond acceptors (Lipinski definition) is 6. The average Bonchev–Trinajstić information content (AvgIpc) is 2.96. The fourth-order valence-electron chi connectivity index (χ4n) is 2.30. The van der Waals surface area contributed by atoms with Gasteiger partial charge in [-0.05, 0) is 44.0 Å². The topological polar surface area (TPSA) is 127 Å². The molecule has 0 saturated carbocycles. The molecule has 9 heteroatoms. The second-order valence-electron chi connectivity index (χ2n) is 5.67. The molecular formula is C16H22N4O4S. The van der Waals surface area contributed by atoms with Gasteiger partial charge in [0.25, 0.3) is 0 Å². The number of benzene rings is 1. The molecule has 1 amide bonds. The van der Waals surface area contributed by atoms with Crippen molar-refractivity contribution in [2.24, 2.45) is 5.14 Å². The lowest BCUT2D eigenvalue weighted by molar-refractivity contribution is -0.118. The van der Waals surface area contributed by atoms with E-state index in [0.29, 0.717) is 31.0 Å². The number of anilines is 1. The Bertz CT molecular complexity index is 815. The van der Waals surface area contributed by atoms with E-state index in [-0.39, 0.29) is 16.8 Å². The quantitative estimate of drug-likeness (QED) is 0.644. The molecule has 2 aromatic rings. The molecule has 0 aliphatic heterocycles. The standard InChI is InChI=1S/C16H22N4O4S/c1-3-14(16(21)19-15-10-11(2)24-20-15)18-9-8-12-4-6-13(7-5-12)25(17,22)23/h4-7,10,14,18H,3,8-9H2,1-2H3,(H2,17,22,23)(H,19,20,21)/t14-/m0/s1. The van der Waals surface area contributed by atoms with Crippen LogP contribution in [0.2, 0.25) is 0 Å². The van der Waals surface area contributed by atoms with E-state index in [2.05, 4.69) is 15.8 Å². The Morgan fingerprint density at radius 2 is 2.00 bits per heavy atom. The predicted molar refractivity (Wildman–Crippen MR) is 93.5 cm³/mol. The van der Waals surface area contributed by atoms with Crippen LogP contribution in [0.1, 0.15) is 24.7 Å². The number of nitrogens with zero attached hydrogens (tertiary/aromatic N) is 1. The largest absolute Gasteiger partial charge is 0.360 e. The Balaban J connectivity index is 1.85. The average molecular weight is 366 g/mol. The summed E-state index contributed by atoms with van der Waals surface area (Å²) < 4.78 is 27.4. The summed E-state index contributed by atoms with van der Waals surface area (Å²) in [6.45, 7) is 4.23. The first kappa shape index (κ1) is 19.1. The fourth-order valence-corrected chi connectivity index (χ4v) is 2.81. The van der Waals surface area contributed by atoms with Gasteiger partial charge < -0.3 is 15.2 Å². The van der Waals surface area contributed by atoms with Gasteiger partial charge >= 0.3 is 0 Å². The van der Waals surface area contributed by atoms with Gasteiger partial charge in [-0.25, -0.2) is 13.6 Å². The Hall–Kier alpha value is -2.23. The molecule has 0 fully saturated rings. The number of primary sulfonamides is 1. The van der Waals surface area contributed by atoms with E-state index in [0.717, 1.165) is 5.56 Å². The van der Waals surface area contributed by atoms with Crippen molar-refractivity contribution in [3.8, 4) is 0 Å². The zero-order valence-corrected chi connectivity index (χ0v) is 15.0. The lowest BCUT2D eigenvalue weighted by Crippen LogP contribution is -2.41. The van der Waals surface area contributed by atoms with Crippen molar-refractivity contribution in [3.05, 3.63) is 41.7 Å². The number of carbonyl (C=O) groups excluding carboxylic acids is 1. The highest BCUT2D eigenvalue weighted by Gasteiger charge is 2.17. The van der Waals surface area contributed by atoms with Crippen LogP contribution in [0.4, 0.5) is 5.82 Å². The minimum absolute atomic E-state index is 0.0814. The molecule has 0 aliphatic carbocycles. The van der Waals surface area contributed by atoms with Crippen LogP contribution >= 0.6 is 0 Å². The maximum Gasteiger partial charge on any atom is 0.242 e. The number of rotatable bonds is 8. The summed E-state index contributed by atoms with van der Waals surface area (Å²) in [4.78, 5) is 12.3. The minimum atomic E-state index is -3.68. The molecule has 0 spiro atoms. The normalized spacial score (nSPS) is 12.8. The van der Waals surface area contributed by atoms with Crippen molar-refractivity contribution in [2.45, 2.75) is 37.6 Å². The first-order valence-electron chi connectivity index (χ1n) is 7.89. The zero-order valence-electron chi connectivity index (χ0n) is 14.2. The van der Waals surface area contributed by atoms with Gasteiger partial charge in [0.05, 0.1) is 10.9 Å². The molecule has 1 atom stereocenters. The van der Waals surface area contributed by atoms with Gasteiger partial charge in [0, 0.05) is 6.07 Å². The molecule has 0 radical (unpaired) electrons. The molecule has 25 heavy (non-hydrogen) atoms. The molecular weight excluding hydrogens is 344 g/mol. The van der Waals surface area contributed by atoms with Crippen LogP contribution in [0.5, 0.6) is 0 Å². The summed E-state index contributed by atoms with van der Waals surface area (Å²) in [5, 5.41) is 14.7. The van der Waals surface area contributed by atoms with Gasteiger partial charge in [-0.1, -0.05) is 24.2 Å². The summed E-state index contributed by atoms with van der Waals surface area (Å²) in [5.74, 6) is 0.834. The third kappa shape index (κ3) is 5.66. The summed E-state index contributed by atoms with van der Waals surface area (Å²) in [6, 6.07) is 7.66. The van der Waals surface area contributed by atoms with Gasteiger partial charge in [0.1, 0.15) is 5.76 Å². The Morgan fingerprint density at radius 1 is 1.32 bits per heavy atom. The highest BCUT2D eigenvalue weighted by molar-refractivity contribution is 7.89. The van der Waals surface area contributed by atoms with E-state index in [1.165, 1.54) is 12.1 Å². The van der Waals surface area contributed by atoms with Gasteiger partial charge in [0.15, 0.2) is 5.82 Å². The van der Waals surface area contributed by atoms with Crippen molar-refractivity contribution < 1.29 is 17.7 Å². The van der Waals surface area contributed by atoms with E-state index in [1.807, 2.05) is 6.92 Å². The fraction of sp³-hybridized carbons (Fsp3) is 0.375. The van der Waals surface area contributed by atoms with E-state index in [1.54, 1.807) is 25.1 Å². The summed E-state index contributed by atoms with van der Waals surface area (Å²) >= 11 is 0. The molecule has 8 nitrogen and oxygen atoms in total. The number of sulfonamides is 1. The molecule has 0 saturated heterocycles. The third-order valence-electron chi connectivity index (χ3n) is 3.66. The van der Waals surface area contributed by atoms with Gasteiger partial charge in [-0.3, -0.25) is 4.79 Å². The molecule has 0 bridgehead atoms. The molecule has 0 unspecified atom stereocenters. The van der Waals surface area contributed by atoms with Gasteiger partial charge in [-0.15, -0.1) is 0 Å². The van der Waals surface area contributed by atoms with E-state index < -0.39 is 10.0 Å². The monoisotopic (exact) mass is 366 g/mol. The smallest absolute Gasteiger partial charge is 0.242 e. The van der Waals surface area contributed by atoms with Crippen molar-refractivity contribution in [2.75, 3.05) is 11.9 Å². The van der Waals surface area contributed by atoms with Crippen molar-refractivity contribution in [1.82, 2.24) is 10.5 Å². The van der Waals surface area contributed by atoms with Crippen LogP contribution in [0.3, 0.4) is 0 Å². The number of carbonyl (C=O) groups is 1. The van der Waals surface area contributed by atoms with Crippen LogP contribution in [-0.2, 0) is 21.2 Å². The molecule has 2 rings (SSSR count). The second-order valence-corrected chi connectivity index (χ2v) is 7.23. The number of hydrogen-bond donors (Lipinski definition) is 3. The Morgan fingerprint density at radius 3 is 2.52 bits per heavy atom. The minimum Gasteiger partial charge on any atom is -0.360 e. The van der Waals surface area contributed by atoms with E-state index in [4.69, 9.17) is 9.66 Å². The first-order valence-corrected chi connectivity index (χ1v) is 9.43. The lowest BCUT2D eigenvalue weighted by atomic mass is 10.1. The zero-order chi connectivity index (χ0) is 18.4. The first-order chi connectivity index (χ1) is 11.8. The SMILES string of the molecule is CC[C@H](NCCc1ccc(S(N)(=O)=O)cc1)C(=O)Nc1cc(C)on1. The second kappa shape index (κ2) is 8.24. The summed E-state index contributed by atoms with van der Waals surface area (Å²) in [7, 11) is -3.68. The molecule has 0 aliphatic rings. The molecule has 1 aromatic heterocycles. The van der Waals surface area contributed by atoms with Crippen LogP contribution in [0, 0.1) is 6.92 Å². The molecule has 1 heterocycles. The maximum absolute atomic E-state index is 12.2. The van der Waals surface area contributed by atoms with Crippen LogP contribution in [0.15, 0.2) is 39.8 Å². The summed E-state index contributed by atoms with van der Waals surface area (Å²) in [5.41, 5.74) is 0.947. The highest BCUT2D eigenvalue weighted by atomic mass is 32.2. The molecule has 4 N–H and O–H groups in total. The van der Waals surface area contributed by atoms with Crippen LogP contribution in [0.25, 0.3) is 0 Å². The third-order valence-corrected chi connectivity index (χ3v) is 4.59. The lowest BCUT2D eigenvalue weighted by Gasteiger charge is -2.15. The Kier molecular flexibility index (Phi) is 6.29. The maximum atomic E-state index is 12.2. The van der Waals surface area contributed by atoms with Gasteiger partial charge in [0.2, 0.25) is 15.9 Å². The number of aromatic nitrogens is 1. The predicted octanol–water partition coefficient (Wildman–Crippen LogP) is 1.18. The molecule has 1 aromatic carbocycles. The number of nitrogens with one attached hydrogen (secondary N) is 2. The van der Waals surface area contributed by atoms with E-state index >= 15 is 0 Å². The van der Waals surface area contributed by atoms with Gasteiger partial charge in [-0.2, -0.15) is 0 Å². The molecule has 136 valence electrons. The van der Waals surface area contributed by atoms with Crippen LogP contribution in [-0.4, -0.2) is 32.1 Å². The number of amides is 1.